The second-order valence-electron chi connectivity index (χ2n) is 5.03. The number of amides is 1. The van der Waals surface area contributed by atoms with Crippen LogP contribution in [0.2, 0.25) is 0 Å². The summed E-state index contributed by atoms with van der Waals surface area (Å²) in [7, 11) is 0. The second-order valence-corrected chi connectivity index (χ2v) is 6.72. The molecule has 0 unspecified atom stereocenters. The van der Waals surface area contributed by atoms with Crippen molar-refractivity contribution in [1.29, 1.82) is 0 Å². The van der Waals surface area contributed by atoms with Crippen molar-refractivity contribution in [2.75, 3.05) is 0 Å². The third kappa shape index (κ3) is 4.27. The Bertz CT molecular complexity index is 836. The summed E-state index contributed by atoms with van der Waals surface area (Å²) in [6, 6.07) is 6.50. The lowest BCUT2D eigenvalue weighted by Gasteiger charge is -2.06. The molecule has 0 fully saturated rings. The van der Waals surface area contributed by atoms with Gasteiger partial charge >= 0.3 is 0 Å². The number of hydrogen-bond donors (Lipinski definition) is 1. The Morgan fingerprint density at radius 3 is 3.00 bits per heavy atom. The number of aromatic nitrogens is 2. The maximum Gasteiger partial charge on any atom is 0.248 e. The van der Waals surface area contributed by atoms with E-state index in [1.807, 2.05) is 16.8 Å². The molecule has 1 aromatic carbocycles. The van der Waals surface area contributed by atoms with Crippen molar-refractivity contribution in [3.05, 3.63) is 56.8 Å². The summed E-state index contributed by atoms with van der Waals surface area (Å²) in [5.74, 6) is 0.295. The molecule has 2 aromatic heterocycles. The van der Waals surface area contributed by atoms with Crippen molar-refractivity contribution in [2.24, 2.45) is 0 Å². The van der Waals surface area contributed by atoms with Gasteiger partial charge in [-0.1, -0.05) is 15.9 Å². The zero-order valence-corrected chi connectivity index (χ0v) is 14.9. The minimum absolute atomic E-state index is 0.133. The molecule has 0 spiro atoms. The lowest BCUT2D eigenvalue weighted by Crippen LogP contribution is -2.23. The molecule has 5 nitrogen and oxygen atoms in total. The van der Waals surface area contributed by atoms with Gasteiger partial charge in [0.2, 0.25) is 17.7 Å². The molecule has 24 heavy (non-hydrogen) atoms. The first-order valence-electron chi connectivity index (χ1n) is 7.17. The third-order valence-corrected chi connectivity index (χ3v) is 4.46. The quantitative estimate of drug-likeness (QED) is 0.668. The van der Waals surface area contributed by atoms with Crippen LogP contribution in [0.15, 0.2) is 43.9 Å². The van der Waals surface area contributed by atoms with Gasteiger partial charge in [0.25, 0.3) is 0 Å². The predicted octanol–water partition coefficient (Wildman–Crippen LogP) is 3.95. The van der Waals surface area contributed by atoms with Crippen molar-refractivity contribution in [3.63, 3.8) is 0 Å². The van der Waals surface area contributed by atoms with Crippen molar-refractivity contribution >= 4 is 33.2 Å². The van der Waals surface area contributed by atoms with Gasteiger partial charge < -0.3 is 9.73 Å². The van der Waals surface area contributed by atoms with E-state index >= 15 is 0 Å². The van der Waals surface area contributed by atoms with Gasteiger partial charge in [-0.3, -0.25) is 4.79 Å². The first-order chi connectivity index (χ1) is 11.6. The molecule has 124 valence electrons. The smallest absolute Gasteiger partial charge is 0.248 e. The summed E-state index contributed by atoms with van der Waals surface area (Å²) in [5, 5.41) is 14.4. The van der Waals surface area contributed by atoms with E-state index in [0.717, 1.165) is 10.0 Å². The number of hydrogen-bond acceptors (Lipinski definition) is 5. The van der Waals surface area contributed by atoms with Gasteiger partial charge in [0.1, 0.15) is 5.82 Å². The van der Waals surface area contributed by atoms with E-state index < -0.39 is 0 Å². The molecule has 0 aliphatic rings. The monoisotopic (exact) mass is 409 g/mol. The van der Waals surface area contributed by atoms with Crippen LogP contribution in [0.4, 0.5) is 4.39 Å². The van der Waals surface area contributed by atoms with Crippen LogP contribution in [0.3, 0.4) is 0 Å². The standard InChI is InChI=1S/C16H13BrFN3O2S/c17-12-1-2-13(18)11(7-12)8-19-14(22)3-4-15-20-21-16(23-15)10-5-6-24-9-10/h1-2,5-7,9H,3-4,8H2,(H,19,22). The van der Waals surface area contributed by atoms with E-state index in [1.54, 1.807) is 23.5 Å². The van der Waals surface area contributed by atoms with Crippen LogP contribution < -0.4 is 5.32 Å². The van der Waals surface area contributed by atoms with Gasteiger partial charge in [0.05, 0.1) is 0 Å². The molecule has 1 N–H and O–H groups in total. The maximum absolute atomic E-state index is 13.6. The number of aryl methyl sites for hydroxylation is 1. The number of nitrogens with zero attached hydrogens (tertiary/aromatic N) is 2. The first-order valence-corrected chi connectivity index (χ1v) is 8.91. The second kappa shape index (κ2) is 7.67. The molecule has 8 heteroatoms. The highest BCUT2D eigenvalue weighted by atomic mass is 79.9. The van der Waals surface area contributed by atoms with Crippen LogP contribution in [-0.4, -0.2) is 16.1 Å². The molecule has 0 aliphatic heterocycles. The van der Waals surface area contributed by atoms with Crippen molar-refractivity contribution in [1.82, 2.24) is 15.5 Å². The minimum Gasteiger partial charge on any atom is -0.421 e. The average Bonchev–Trinajstić information content (AvgIpc) is 3.24. The Kier molecular flexibility index (Phi) is 5.37. The molecule has 0 atom stereocenters. The zero-order valence-electron chi connectivity index (χ0n) is 12.5. The predicted molar refractivity (Wildman–Crippen MR) is 91.9 cm³/mol. The summed E-state index contributed by atoms with van der Waals surface area (Å²) in [6.07, 6.45) is 0.533. The molecule has 0 radical (unpaired) electrons. The molecule has 2 heterocycles. The van der Waals surface area contributed by atoms with Crippen LogP contribution in [0.5, 0.6) is 0 Å². The normalized spacial score (nSPS) is 10.8. The maximum atomic E-state index is 13.6. The van der Waals surface area contributed by atoms with Gasteiger partial charge in [-0.05, 0) is 29.6 Å². The molecule has 0 saturated carbocycles. The number of thiophene rings is 1. The minimum atomic E-state index is -0.351. The van der Waals surface area contributed by atoms with Gasteiger partial charge in [0, 0.05) is 40.4 Å². The fraction of sp³-hybridized carbons (Fsp3) is 0.188. The summed E-state index contributed by atoms with van der Waals surface area (Å²) < 4.78 is 19.9. The molecule has 3 aromatic rings. The Morgan fingerprint density at radius 1 is 1.33 bits per heavy atom. The molecular formula is C16H13BrFN3O2S. The van der Waals surface area contributed by atoms with E-state index in [9.17, 15) is 9.18 Å². The topological polar surface area (TPSA) is 68.0 Å². The van der Waals surface area contributed by atoms with Gasteiger partial charge in [-0.15, -0.1) is 10.2 Å². The van der Waals surface area contributed by atoms with Crippen LogP contribution in [-0.2, 0) is 17.8 Å². The van der Waals surface area contributed by atoms with E-state index in [1.165, 1.54) is 6.07 Å². The lowest BCUT2D eigenvalue weighted by atomic mass is 10.2. The number of nitrogens with one attached hydrogen (secondary N) is 1. The molecular weight excluding hydrogens is 397 g/mol. The fourth-order valence-corrected chi connectivity index (χ4v) is 3.08. The first kappa shape index (κ1) is 16.8. The third-order valence-electron chi connectivity index (χ3n) is 3.28. The van der Waals surface area contributed by atoms with Gasteiger partial charge in [0.15, 0.2) is 0 Å². The Labute approximate surface area is 150 Å². The summed E-state index contributed by atoms with van der Waals surface area (Å²) in [6.45, 7) is 0.133. The van der Waals surface area contributed by atoms with Crippen LogP contribution in [0.1, 0.15) is 17.9 Å². The Morgan fingerprint density at radius 2 is 2.21 bits per heavy atom. The van der Waals surface area contributed by atoms with Crippen molar-refractivity contribution in [2.45, 2.75) is 19.4 Å². The van der Waals surface area contributed by atoms with Crippen molar-refractivity contribution in [3.8, 4) is 11.5 Å². The highest BCUT2D eigenvalue weighted by Crippen LogP contribution is 2.20. The van der Waals surface area contributed by atoms with Crippen LogP contribution in [0, 0.1) is 5.82 Å². The highest BCUT2D eigenvalue weighted by Gasteiger charge is 2.11. The van der Waals surface area contributed by atoms with Crippen LogP contribution >= 0.6 is 27.3 Å². The Balaban J connectivity index is 1.50. The summed E-state index contributed by atoms with van der Waals surface area (Å²) in [4.78, 5) is 11.9. The molecule has 0 aliphatic carbocycles. The SMILES string of the molecule is O=C(CCc1nnc(-c2ccsc2)o1)NCc1cc(Br)ccc1F. The van der Waals surface area contributed by atoms with E-state index in [-0.39, 0.29) is 24.7 Å². The van der Waals surface area contributed by atoms with E-state index in [4.69, 9.17) is 4.42 Å². The number of rotatable bonds is 6. The van der Waals surface area contributed by atoms with E-state index in [2.05, 4.69) is 31.4 Å². The van der Waals surface area contributed by atoms with E-state index in [0.29, 0.717) is 23.8 Å². The Hall–Kier alpha value is -2.06. The molecule has 3 rings (SSSR count). The molecule has 0 saturated heterocycles. The number of carbonyl (C=O) groups is 1. The average molecular weight is 410 g/mol. The summed E-state index contributed by atoms with van der Waals surface area (Å²) >= 11 is 4.82. The molecule has 1 amide bonds. The fourth-order valence-electron chi connectivity index (χ4n) is 2.04. The van der Waals surface area contributed by atoms with Gasteiger partial charge in [-0.25, -0.2) is 4.39 Å². The van der Waals surface area contributed by atoms with Crippen LogP contribution in [0.25, 0.3) is 11.5 Å². The highest BCUT2D eigenvalue weighted by molar-refractivity contribution is 9.10. The molecule has 0 bridgehead atoms. The zero-order chi connectivity index (χ0) is 16.9. The summed E-state index contributed by atoms with van der Waals surface area (Å²) in [5.41, 5.74) is 1.29. The van der Waals surface area contributed by atoms with Gasteiger partial charge in [-0.2, -0.15) is 11.3 Å². The van der Waals surface area contributed by atoms with Crippen molar-refractivity contribution < 1.29 is 13.6 Å². The largest absolute Gasteiger partial charge is 0.421 e. The number of benzene rings is 1. The number of halogens is 2. The number of carbonyl (C=O) groups excluding carboxylic acids is 1. The lowest BCUT2D eigenvalue weighted by molar-refractivity contribution is -0.121.